The molecule has 1 atom stereocenters. The van der Waals surface area contributed by atoms with E-state index >= 15 is 0 Å². The van der Waals surface area contributed by atoms with Crippen LogP contribution in [0.4, 0.5) is 0 Å². The molecule has 0 unspecified atom stereocenters. The number of pyridine rings is 1. The highest BCUT2D eigenvalue weighted by Crippen LogP contribution is 2.30. The molecular formula is C23H22N4O3S2. The average molecular weight is 467 g/mol. The third kappa shape index (κ3) is 4.41. The van der Waals surface area contributed by atoms with Crippen LogP contribution in [0.1, 0.15) is 18.4 Å². The van der Waals surface area contributed by atoms with Crippen molar-refractivity contribution in [2.24, 2.45) is 0 Å². The minimum absolute atomic E-state index is 0.00860. The van der Waals surface area contributed by atoms with Crippen LogP contribution in [0.5, 0.6) is 0 Å². The van der Waals surface area contributed by atoms with Crippen molar-refractivity contribution in [2.45, 2.75) is 37.2 Å². The van der Waals surface area contributed by atoms with Crippen molar-refractivity contribution in [2.75, 3.05) is 12.4 Å². The second-order valence-electron chi connectivity index (χ2n) is 7.63. The van der Waals surface area contributed by atoms with Gasteiger partial charge < -0.3 is 10.1 Å². The molecule has 0 spiro atoms. The molecule has 1 N–H and O–H groups in total. The van der Waals surface area contributed by atoms with E-state index in [1.165, 1.54) is 23.1 Å². The molecule has 1 amide bonds. The molecule has 0 aliphatic carbocycles. The van der Waals surface area contributed by atoms with E-state index in [4.69, 9.17) is 9.72 Å². The first kappa shape index (κ1) is 21.1. The number of fused-ring (bicyclic) bond motifs is 3. The summed E-state index contributed by atoms with van der Waals surface area (Å²) in [6.07, 6.45) is 3.62. The number of ether oxygens (including phenoxy) is 1. The zero-order valence-corrected chi connectivity index (χ0v) is 19.0. The van der Waals surface area contributed by atoms with E-state index in [0.717, 1.165) is 28.6 Å². The van der Waals surface area contributed by atoms with Crippen LogP contribution in [0.2, 0.25) is 0 Å². The number of carbonyl (C=O) groups is 1. The normalized spacial score (nSPS) is 16.1. The highest BCUT2D eigenvalue weighted by molar-refractivity contribution is 7.99. The molecule has 164 valence electrons. The van der Waals surface area contributed by atoms with Gasteiger partial charge in [-0.05, 0) is 30.5 Å². The lowest BCUT2D eigenvalue weighted by molar-refractivity contribution is -0.118. The molecule has 7 nitrogen and oxygen atoms in total. The quantitative estimate of drug-likeness (QED) is 0.331. The Morgan fingerprint density at radius 2 is 2.12 bits per heavy atom. The van der Waals surface area contributed by atoms with E-state index < -0.39 is 0 Å². The first-order valence-electron chi connectivity index (χ1n) is 10.5. The minimum Gasteiger partial charge on any atom is -0.376 e. The van der Waals surface area contributed by atoms with Crippen LogP contribution < -0.4 is 10.9 Å². The number of hydrogen-bond donors (Lipinski definition) is 1. The monoisotopic (exact) mass is 466 g/mol. The molecular weight excluding hydrogens is 444 g/mol. The second kappa shape index (κ2) is 9.40. The van der Waals surface area contributed by atoms with Gasteiger partial charge in [-0.2, -0.15) is 0 Å². The van der Waals surface area contributed by atoms with Crippen molar-refractivity contribution in [1.82, 2.24) is 19.9 Å². The molecule has 3 aromatic heterocycles. The summed E-state index contributed by atoms with van der Waals surface area (Å²) in [5, 5.41) is 4.33. The van der Waals surface area contributed by atoms with Crippen LogP contribution >= 0.6 is 23.1 Å². The van der Waals surface area contributed by atoms with E-state index in [9.17, 15) is 9.59 Å². The van der Waals surface area contributed by atoms with E-state index in [0.29, 0.717) is 35.1 Å². The van der Waals surface area contributed by atoms with Crippen LogP contribution in [0.3, 0.4) is 0 Å². The van der Waals surface area contributed by atoms with Gasteiger partial charge in [-0.15, -0.1) is 11.3 Å². The number of thiophene rings is 1. The molecule has 1 fully saturated rings. The summed E-state index contributed by atoms with van der Waals surface area (Å²) in [6.45, 7) is 1.62. The molecule has 0 bridgehead atoms. The van der Waals surface area contributed by atoms with Gasteiger partial charge >= 0.3 is 0 Å². The van der Waals surface area contributed by atoms with E-state index in [-0.39, 0.29) is 23.3 Å². The third-order valence-electron chi connectivity index (χ3n) is 5.39. The average Bonchev–Trinajstić information content (AvgIpc) is 3.47. The maximum Gasteiger partial charge on any atom is 0.272 e. The fourth-order valence-corrected chi connectivity index (χ4v) is 5.64. The van der Waals surface area contributed by atoms with Crippen LogP contribution in [-0.4, -0.2) is 38.9 Å². The van der Waals surface area contributed by atoms with Gasteiger partial charge in [-0.3, -0.25) is 14.2 Å². The molecule has 1 aliphatic heterocycles. The SMILES string of the molecule is O=C(CSc1nc2c(sc3ncccc32)c(=O)n1C[C@H]1CCCO1)NCc1ccccc1. The fraction of sp³-hybridized carbons (Fsp3) is 0.304. The second-order valence-corrected chi connectivity index (χ2v) is 9.57. The van der Waals surface area contributed by atoms with E-state index in [1.807, 2.05) is 42.5 Å². The van der Waals surface area contributed by atoms with Gasteiger partial charge in [-0.1, -0.05) is 42.1 Å². The summed E-state index contributed by atoms with van der Waals surface area (Å²) in [6, 6.07) is 13.5. The molecule has 1 aliphatic rings. The topological polar surface area (TPSA) is 86.1 Å². The van der Waals surface area contributed by atoms with Crippen LogP contribution in [0.25, 0.3) is 20.4 Å². The minimum atomic E-state index is -0.103. The summed E-state index contributed by atoms with van der Waals surface area (Å²) in [5.41, 5.74) is 1.59. The smallest absolute Gasteiger partial charge is 0.272 e. The third-order valence-corrected chi connectivity index (χ3v) is 7.46. The Kier molecular flexibility index (Phi) is 6.20. The molecule has 1 saturated heterocycles. The first-order valence-corrected chi connectivity index (χ1v) is 12.3. The highest BCUT2D eigenvalue weighted by atomic mass is 32.2. The molecule has 0 saturated carbocycles. The molecule has 9 heteroatoms. The zero-order valence-electron chi connectivity index (χ0n) is 17.3. The summed E-state index contributed by atoms with van der Waals surface area (Å²) < 4.78 is 8.03. The molecule has 5 rings (SSSR count). The largest absolute Gasteiger partial charge is 0.376 e. The zero-order chi connectivity index (χ0) is 21.9. The Bertz CT molecular complexity index is 1310. The lowest BCUT2D eigenvalue weighted by atomic mass is 10.2. The summed E-state index contributed by atoms with van der Waals surface area (Å²) in [4.78, 5) is 35.9. The lowest BCUT2D eigenvalue weighted by Gasteiger charge is -2.15. The van der Waals surface area contributed by atoms with Gasteiger partial charge in [0.1, 0.15) is 9.53 Å². The van der Waals surface area contributed by atoms with E-state index in [2.05, 4.69) is 10.3 Å². The van der Waals surface area contributed by atoms with Crippen molar-refractivity contribution < 1.29 is 9.53 Å². The van der Waals surface area contributed by atoms with Gasteiger partial charge in [0.15, 0.2) is 5.16 Å². The summed E-state index contributed by atoms with van der Waals surface area (Å²) in [7, 11) is 0. The maximum atomic E-state index is 13.4. The van der Waals surface area contributed by atoms with Crippen molar-refractivity contribution in [1.29, 1.82) is 0 Å². The Morgan fingerprint density at radius 3 is 2.94 bits per heavy atom. The van der Waals surface area contributed by atoms with Crippen LogP contribution in [0, 0.1) is 0 Å². The fourth-order valence-electron chi connectivity index (χ4n) is 3.78. The molecule has 0 radical (unpaired) electrons. The molecule has 4 heterocycles. The predicted molar refractivity (Wildman–Crippen MR) is 127 cm³/mol. The number of aromatic nitrogens is 3. The molecule has 32 heavy (non-hydrogen) atoms. The highest BCUT2D eigenvalue weighted by Gasteiger charge is 2.22. The Hall–Kier alpha value is -2.75. The summed E-state index contributed by atoms with van der Waals surface area (Å²) in [5.74, 6) is 0.0742. The Morgan fingerprint density at radius 1 is 1.25 bits per heavy atom. The van der Waals surface area contributed by atoms with Crippen molar-refractivity contribution >= 4 is 49.4 Å². The molecule has 4 aromatic rings. The Labute approximate surface area is 192 Å². The lowest BCUT2D eigenvalue weighted by Crippen LogP contribution is -2.29. The maximum absolute atomic E-state index is 13.4. The van der Waals surface area contributed by atoms with Gasteiger partial charge in [0, 0.05) is 24.7 Å². The van der Waals surface area contributed by atoms with Crippen LogP contribution in [-0.2, 0) is 22.6 Å². The van der Waals surface area contributed by atoms with Crippen molar-refractivity contribution in [3.8, 4) is 0 Å². The van der Waals surface area contributed by atoms with Gasteiger partial charge in [-0.25, -0.2) is 9.97 Å². The number of thioether (sulfide) groups is 1. The predicted octanol–water partition coefficient (Wildman–Crippen LogP) is 3.59. The number of carbonyl (C=O) groups excluding carboxylic acids is 1. The summed E-state index contributed by atoms with van der Waals surface area (Å²) >= 11 is 2.65. The Balaban J connectivity index is 1.42. The first-order chi connectivity index (χ1) is 15.7. The number of nitrogens with zero attached hydrogens (tertiary/aromatic N) is 3. The number of benzene rings is 1. The van der Waals surface area contributed by atoms with Crippen molar-refractivity contribution in [3.05, 3.63) is 64.6 Å². The standard InChI is InChI=1S/C23H22N4O3S2/c28-18(25-12-15-6-2-1-3-7-15)14-31-23-26-19-17-9-4-10-24-21(17)32-20(19)22(29)27(23)13-16-8-5-11-30-16/h1-4,6-7,9-10,16H,5,8,11-14H2,(H,25,28)/t16-/m1/s1. The number of amides is 1. The number of hydrogen-bond acceptors (Lipinski definition) is 7. The van der Waals surface area contributed by atoms with Gasteiger partial charge in [0.25, 0.3) is 5.56 Å². The van der Waals surface area contributed by atoms with Crippen molar-refractivity contribution in [3.63, 3.8) is 0 Å². The van der Waals surface area contributed by atoms with Gasteiger partial charge in [0.2, 0.25) is 5.91 Å². The van der Waals surface area contributed by atoms with E-state index in [1.54, 1.807) is 10.8 Å². The molecule has 1 aromatic carbocycles. The van der Waals surface area contributed by atoms with Gasteiger partial charge in [0.05, 0.1) is 23.9 Å². The van der Waals surface area contributed by atoms with Crippen LogP contribution in [0.15, 0.2) is 58.6 Å². The number of rotatable bonds is 7. The number of nitrogens with one attached hydrogen (secondary N) is 1.